The molecule has 2 aliphatic heterocycles. The van der Waals surface area contributed by atoms with Crippen molar-refractivity contribution in [3.8, 4) is 5.75 Å². The van der Waals surface area contributed by atoms with Gasteiger partial charge in [0.2, 0.25) is 0 Å². The van der Waals surface area contributed by atoms with Crippen LogP contribution in [0.2, 0.25) is 5.02 Å². The Morgan fingerprint density at radius 3 is 2.83 bits per heavy atom. The molecule has 0 unspecified atom stereocenters. The number of hydrogen-bond acceptors (Lipinski definition) is 4. The first-order valence-corrected chi connectivity index (χ1v) is 8.37. The summed E-state index contributed by atoms with van der Waals surface area (Å²) in [6.45, 7) is 6.62. The van der Waals surface area contributed by atoms with Gasteiger partial charge in [0, 0.05) is 31.0 Å². The standard InChI is InChI=1S/C18H20ClNO4/c1-3-8-23-17(22)20-6-4-18(5-7-20)11-15(21)13-10-14(19)12(2)9-16(13)24-18/h3,9-10H,1,4-8,11H2,2H3. The lowest BCUT2D eigenvalue weighted by molar-refractivity contribution is -0.00813. The quantitative estimate of drug-likeness (QED) is 0.763. The third-order valence-electron chi connectivity index (χ3n) is 4.63. The lowest BCUT2D eigenvalue weighted by Gasteiger charge is -2.43. The summed E-state index contributed by atoms with van der Waals surface area (Å²) in [5.74, 6) is 0.636. The third kappa shape index (κ3) is 3.13. The van der Waals surface area contributed by atoms with Gasteiger partial charge in [-0.25, -0.2) is 4.79 Å². The lowest BCUT2D eigenvalue weighted by Crippen LogP contribution is -2.52. The van der Waals surface area contributed by atoms with Crippen molar-refractivity contribution in [1.82, 2.24) is 4.90 Å². The molecule has 0 aliphatic carbocycles. The highest BCUT2D eigenvalue weighted by molar-refractivity contribution is 6.31. The molecule has 0 bridgehead atoms. The number of ketones is 1. The van der Waals surface area contributed by atoms with Gasteiger partial charge in [0.05, 0.1) is 12.0 Å². The molecule has 6 heteroatoms. The molecule has 0 radical (unpaired) electrons. The Morgan fingerprint density at radius 2 is 2.17 bits per heavy atom. The van der Waals surface area contributed by atoms with Crippen LogP contribution in [0.4, 0.5) is 4.79 Å². The molecule has 2 aliphatic rings. The Balaban J connectivity index is 1.73. The van der Waals surface area contributed by atoms with Crippen LogP contribution in [0.25, 0.3) is 0 Å². The average Bonchev–Trinajstić information content (AvgIpc) is 2.55. The van der Waals surface area contributed by atoms with Gasteiger partial charge < -0.3 is 14.4 Å². The number of fused-ring (bicyclic) bond motifs is 1. The zero-order chi connectivity index (χ0) is 17.3. The van der Waals surface area contributed by atoms with E-state index in [2.05, 4.69) is 6.58 Å². The van der Waals surface area contributed by atoms with Crippen LogP contribution >= 0.6 is 11.6 Å². The molecule has 1 fully saturated rings. The topological polar surface area (TPSA) is 55.8 Å². The Labute approximate surface area is 146 Å². The molecule has 24 heavy (non-hydrogen) atoms. The number of carbonyl (C=O) groups is 2. The highest BCUT2D eigenvalue weighted by Gasteiger charge is 2.44. The zero-order valence-electron chi connectivity index (χ0n) is 13.6. The number of piperidine rings is 1. The number of nitrogens with zero attached hydrogens (tertiary/aromatic N) is 1. The van der Waals surface area contributed by atoms with Crippen molar-refractivity contribution in [2.24, 2.45) is 0 Å². The van der Waals surface area contributed by atoms with Gasteiger partial charge in [0.25, 0.3) is 0 Å². The van der Waals surface area contributed by atoms with E-state index in [0.29, 0.717) is 48.7 Å². The van der Waals surface area contributed by atoms with Crippen molar-refractivity contribution >= 4 is 23.5 Å². The van der Waals surface area contributed by atoms with Crippen LogP contribution in [0, 0.1) is 6.92 Å². The van der Waals surface area contributed by atoms with Crippen molar-refractivity contribution < 1.29 is 19.1 Å². The van der Waals surface area contributed by atoms with Crippen LogP contribution in [0.3, 0.4) is 0 Å². The number of benzene rings is 1. The maximum atomic E-state index is 12.5. The van der Waals surface area contributed by atoms with Gasteiger partial charge in [0.15, 0.2) is 5.78 Å². The minimum atomic E-state index is -0.542. The minimum absolute atomic E-state index is 0.0424. The van der Waals surface area contributed by atoms with E-state index in [1.807, 2.05) is 13.0 Å². The largest absolute Gasteiger partial charge is 0.486 e. The molecular weight excluding hydrogens is 330 g/mol. The summed E-state index contributed by atoms with van der Waals surface area (Å²) in [5.41, 5.74) is 0.884. The van der Waals surface area contributed by atoms with Crippen molar-refractivity contribution in [2.75, 3.05) is 19.7 Å². The predicted octanol–water partition coefficient (Wildman–Crippen LogP) is 3.77. The highest BCUT2D eigenvalue weighted by Crippen LogP contribution is 2.41. The SMILES string of the molecule is C=CCOC(=O)N1CCC2(CC1)CC(=O)c1cc(Cl)c(C)cc1O2. The molecule has 0 aromatic heterocycles. The summed E-state index contributed by atoms with van der Waals surface area (Å²) >= 11 is 6.11. The Bertz CT molecular complexity index is 693. The molecule has 1 saturated heterocycles. The second-order valence-electron chi connectivity index (χ2n) is 6.34. The molecule has 0 atom stereocenters. The fraction of sp³-hybridized carbons (Fsp3) is 0.444. The van der Waals surface area contributed by atoms with Gasteiger partial charge in [-0.15, -0.1) is 0 Å². The first-order chi connectivity index (χ1) is 11.4. The monoisotopic (exact) mass is 349 g/mol. The molecule has 128 valence electrons. The molecule has 1 amide bonds. The lowest BCUT2D eigenvalue weighted by atomic mass is 9.82. The van der Waals surface area contributed by atoms with Gasteiger partial charge in [-0.2, -0.15) is 0 Å². The molecule has 2 heterocycles. The van der Waals surface area contributed by atoms with Gasteiger partial charge in [-0.1, -0.05) is 24.3 Å². The van der Waals surface area contributed by atoms with Crippen LogP contribution in [0.5, 0.6) is 5.75 Å². The van der Waals surface area contributed by atoms with E-state index in [9.17, 15) is 9.59 Å². The van der Waals surface area contributed by atoms with Crippen LogP contribution < -0.4 is 4.74 Å². The maximum absolute atomic E-state index is 12.5. The fourth-order valence-corrected chi connectivity index (χ4v) is 3.38. The molecule has 1 aromatic carbocycles. The summed E-state index contributed by atoms with van der Waals surface area (Å²) in [6.07, 6.45) is 2.70. The van der Waals surface area contributed by atoms with E-state index in [1.165, 1.54) is 6.08 Å². The average molecular weight is 350 g/mol. The third-order valence-corrected chi connectivity index (χ3v) is 5.04. The van der Waals surface area contributed by atoms with Gasteiger partial charge >= 0.3 is 6.09 Å². The number of amides is 1. The molecule has 1 spiro atoms. The number of aryl methyl sites for hydroxylation is 1. The van der Waals surface area contributed by atoms with Crippen molar-refractivity contribution in [3.63, 3.8) is 0 Å². The summed E-state index contributed by atoms with van der Waals surface area (Å²) in [7, 11) is 0. The van der Waals surface area contributed by atoms with Crippen LogP contribution in [-0.2, 0) is 4.74 Å². The molecular formula is C18H20ClNO4. The number of ether oxygens (including phenoxy) is 2. The van der Waals surface area contributed by atoms with E-state index < -0.39 is 5.60 Å². The van der Waals surface area contributed by atoms with Crippen molar-refractivity contribution in [1.29, 1.82) is 0 Å². The Hall–Kier alpha value is -2.01. The number of likely N-dealkylation sites (tertiary alicyclic amines) is 1. The molecule has 1 aromatic rings. The van der Waals surface area contributed by atoms with Gasteiger partial charge in [0.1, 0.15) is 18.0 Å². The van der Waals surface area contributed by atoms with E-state index in [0.717, 1.165) is 5.56 Å². The summed E-state index contributed by atoms with van der Waals surface area (Å²) in [6, 6.07) is 3.50. The number of Topliss-reactive ketones (excluding diaryl/α,β-unsaturated/α-hetero) is 1. The molecule has 5 nitrogen and oxygen atoms in total. The van der Waals surface area contributed by atoms with Gasteiger partial charge in [-0.05, 0) is 24.6 Å². The van der Waals surface area contributed by atoms with Gasteiger partial charge in [-0.3, -0.25) is 4.79 Å². The fourth-order valence-electron chi connectivity index (χ4n) is 3.21. The number of rotatable bonds is 2. The smallest absolute Gasteiger partial charge is 0.410 e. The van der Waals surface area contributed by atoms with Crippen LogP contribution in [0.15, 0.2) is 24.8 Å². The van der Waals surface area contributed by atoms with E-state index in [4.69, 9.17) is 21.1 Å². The normalized spacial score (nSPS) is 18.8. The summed E-state index contributed by atoms with van der Waals surface area (Å²) in [5, 5.41) is 0.571. The Kier molecular flexibility index (Phi) is 4.54. The van der Waals surface area contributed by atoms with Crippen LogP contribution in [0.1, 0.15) is 35.2 Å². The zero-order valence-corrected chi connectivity index (χ0v) is 14.4. The van der Waals surface area contributed by atoms with E-state index in [1.54, 1.807) is 11.0 Å². The van der Waals surface area contributed by atoms with Crippen molar-refractivity contribution in [2.45, 2.75) is 31.8 Å². The molecule has 3 rings (SSSR count). The summed E-state index contributed by atoms with van der Waals surface area (Å²) in [4.78, 5) is 26.1. The first-order valence-electron chi connectivity index (χ1n) is 7.99. The maximum Gasteiger partial charge on any atom is 0.410 e. The number of hydrogen-bond donors (Lipinski definition) is 0. The van der Waals surface area contributed by atoms with E-state index in [-0.39, 0.29) is 18.5 Å². The minimum Gasteiger partial charge on any atom is -0.486 e. The predicted molar refractivity (Wildman–Crippen MR) is 90.8 cm³/mol. The Morgan fingerprint density at radius 1 is 1.46 bits per heavy atom. The second kappa shape index (κ2) is 6.48. The molecule has 0 saturated carbocycles. The second-order valence-corrected chi connectivity index (χ2v) is 6.74. The van der Waals surface area contributed by atoms with Crippen LogP contribution in [-0.4, -0.2) is 42.1 Å². The van der Waals surface area contributed by atoms with Crippen molar-refractivity contribution in [3.05, 3.63) is 40.9 Å². The number of carbonyl (C=O) groups excluding carboxylic acids is 2. The highest BCUT2D eigenvalue weighted by atomic mass is 35.5. The molecule has 0 N–H and O–H groups in total. The summed E-state index contributed by atoms with van der Waals surface area (Å²) < 4.78 is 11.3. The number of halogens is 1. The first kappa shape index (κ1) is 16.8. The van der Waals surface area contributed by atoms with E-state index >= 15 is 0 Å².